The van der Waals surface area contributed by atoms with Crippen molar-refractivity contribution in [1.29, 1.82) is 0 Å². The van der Waals surface area contributed by atoms with Gasteiger partial charge < -0.3 is 20.5 Å². The van der Waals surface area contributed by atoms with Gasteiger partial charge in [-0.3, -0.25) is 19.3 Å². The van der Waals surface area contributed by atoms with Crippen LogP contribution in [0.25, 0.3) is 5.57 Å². The Morgan fingerprint density at radius 2 is 2.08 bits per heavy atom. The molecule has 1 fully saturated rings. The van der Waals surface area contributed by atoms with Gasteiger partial charge >= 0.3 is 11.9 Å². The first-order chi connectivity index (χ1) is 18.5. The summed E-state index contributed by atoms with van der Waals surface area (Å²) in [7, 11) is 0. The molecule has 208 valence electrons. The lowest BCUT2D eigenvalue weighted by atomic mass is 9.98. The minimum absolute atomic E-state index is 0.0876. The second kappa shape index (κ2) is 12.1. The maximum Gasteiger partial charge on any atom is 0.357 e. The number of thioether (sulfide) groups is 2. The van der Waals surface area contributed by atoms with E-state index in [0.717, 1.165) is 4.21 Å². The minimum Gasteiger partial charge on any atom is -0.427 e. The van der Waals surface area contributed by atoms with E-state index in [2.05, 4.69) is 19.9 Å². The molecule has 4 rings (SSSR count). The molecule has 0 radical (unpaired) electrons. The Morgan fingerprint density at radius 1 is 1.31 bits per heavy atom. The number of ether oxygens (including phenoxy) is 2. The molecule has 12 nitrogen and oxygen atoms in total. The molecule has 2 aliphatic rings. The number of carbonyl (C=O) groups is 4. The Kier molecular flexibility index (Phi) is 8.98. The number of allylic oxidation sites excluding steroid dienone is 1. The van der Waals surface area contributed by atoms with Gasteiger partial charge in [0.2, 0.25) is 6.79 Å². The highest BCUT2D eigenvalue weighted by molar-refractivity contribution is 8.01. The lowest BCUT2D eigenvalue weighted by Gasteiger charge is -2.49. The van der Waals surface area contributed by atoms with Crippen LogP contribution in [-0.2, 0) is 28.7 Å². The number of nitrogens with zero attached hydrogens (tertiary/aromatic N) is 4. The Hall–Kier alpha value is -2.95. The number of hydrogen-bond donors (Lipinski definition) is 2. The van der Waals surface area contributed by atoms with Gasteiger partial charge in [-0.05, 0) is 44.8 Å². The molecule has 0 unspecified atom stereocenters. The monoisotopic (exact) mass is 610 g/mol. The number of nitrogens with one attached hydrogen (secondary N) is 1. The number of carbonyl (C=O) groups excluding carboxylic acids is 4. The molecule has 2 aromatic rings. The molecule has 16 heteroatoms. The van der Waals surface area contributed by atoms with Crippen LogP contribution >= 0.6 is 46.4 Å². The number of amides is 2. The van der Waals surface area contributed by atoms with Gasteiger partial charge in [0.25, 0.3) is 11.8 Å². The van der Waals surface area contributed by atoms with Gasteiger partial charge in [-0.1, -0.05) is 10.6 Å². The fourth-order valence-electron chi connectivity index (χ4n) is 3.61. The van der Waals surface area contributed by atoms with Crippen molar-refractivity contribution < 1.29 is 28.7 Å². The number of esters is 2. The largest absolute Gasteiger partial charge is 0.427 e. The van der Waals surface area contributed by atoms with Crippen molar-refractivity contribution in [2.75, 3.05) is 24.0 Å². The molecular formula is C23H26N6O6S4. The van der Waals surface area contributed by atoms with Crippen LogP contribution in [0.15, 0.2) is 33.1 Å². The maximum absolute atomic E-state index is 13.3. The fraction of sp³-hybridized carbons (Fsp3) is 0.435. The van der Waals surface area contributed by atoms with Crippen LogP contribution in [0.1, 0.15) is 33.4 Å². The smallest absolute Gasteiger partial charge is 0.357 e. The van der Waals surface area contributed by atoms with E-state index in [4.69, 9.17) is 15.2 Å². The maximum atomic E-state index is 13.3. The highest BCUT2D eigenvalue weighted by Gasteiger charge is 2.54. The van der Waals surface area contributed by atoms with Gasteiger partial charge in [0.05, 0.1) is 22.9 Å². The second-order valence-corrected chi connectivity index (χ2v) is 13.4. The van der Waals surface area contributed by atoms with Crippen LogP contribution in [0.3, 0.4) is 0 Å². The zero-order chi connectivity index (χ0) is 28.3. The highest BCUT2D eigenvalue weighted by atomic mass is 32.2. The van der Waals surface area contributed by atoms with Crippen molar-refractivity contribution in [2.24, 2.45) is 5.41 Å². The molecule has 39 heavy (non-hydrogen) atoms. The molecule has 0 aromatic carbocycles. The third-order valence-electron chi connectivity index (χ3n) is 5.58. The molecule has 1 saturated heterocycles. The first-order valence-electron chi connectivity index (χ1n) is 11.6. The van der Waals surface area contributed by atoms with Crippen molar-refractivity contribution in [1.82, 2.24) is 24.8 Å². The van der Waals surface area contributed by atoms with Gasteiger partial charge in [0, 0.05) is 16.9 Å². The lowest BCUT2D eigenvalue weighted by molar-refractivity contribution is -0.173. The molecule has 2 aliphatic heterocycles. The molecule has 2 aromatic heterocycles. The summed E-state index contributed by atoms with van der Waals surface area (Å²) in [4.78, 5) is 57.0. The minimum atomic E-state index is -0.852. The number of rotatable bonds is 9. The summed E-state index contributed by atoms with van der Waals surface area (Å²) in [5, 5.41) is 8.06. The molecular weight excluding hydrogens is 585 g/mol. The van der Waals surface area contributed by atoms with Crippen molar-refractivity contribution >= 4 is 80.9 Å². The summed E-state index contributed by atoms with van der Waals surface area (Å²) in [6.07, 6.45) is 3.22. The van der Waals surface area contributed by atoms with Crippen molar-refractivity contribution in [3.8, 4) is 0 Å². The molecule has 0 spiro atoms. The molecule has 0 bridgehead atoms. The summed E-state index contributed by atoms with van der Waals surface area (Å²) in [6, 6.07) is -0.852. The normalized spacial score (nSPS) is 19.3. The average molecular weight is 611 g/mol. The highest BCUT2D eigenvalue weighted by Crippen LogP contribution is 2.42. The van der Waals surface area contributed by atoms with E-state index in [1.54, 1.807) is 45.3 Å². The molecule has 4 heterocycles. The van der Waals surface area contributed by atoms with Crippen LogP contribution in [0.5, 0.6) is 0 Å². The summed E-state index contributed by atoms with van der Waals surface area (Å²) in [5.41, 5.74) is 6.41. The Labute approximate surface area is 240 Å². The van der Waals surface area contributed by atoms with E-state index >= 15 is 0 Å². The van der Waals surface area contributed by atoms with Crippen LogP contribution in [0.4, 0.5) is 5.13 Å². The summed E-state index contributed by atoms with van der Waals surface area (Å²) in [5.74, 6) is -1.42. The third-order valence-corrected chi connectivity index (χ3v) is 9.52. The number of anilines is 1. The van der Waals surface area contributed by atoms with Gasteiger partial charge in [-0.25, -0.2) is 9.78 Å². The van der Waals surface area contributed by atoms with E-state index in [1.165, 1.54) is 51.3 Å². The molecule has 0 aliphatic carbocycles. The fourth-order valence-corrected chi connectivity index (χ4v) is 7.08. The average Bonchev–Trinajstić information content (AvgIpc) is 3.57. The number of hydrogen-bond acceptors (Lipinski definition) is 14. The number of aromatic nitrogens is 3. The number of nitrogen functional groups attached to an aromatic ring is 1. The zero-order valence-corrected chi connectivity index (χ0v) is 24.7. The Bertz CT molecular complexity index is 1330. The van der Waals surface area contributed by atoms with E-state index in [9.17, 15) is 19.2 Å². The van der Waals surface area contributed by atoms with Gasteiger partial charge in [-0.2, -0.15) is 0 Å². The lowest BCUT2D eigenvalue weighted by Crippen LogP contribution is -2.70. The van der Waals surface area contributed by atoms with Crippen LogP contribution in [0.2, 0.25) is 0 Å². The number of fused-ring (bicyclic) bond motifs is 1. The first kappa shape index (κ1) is 29.0. The number of thiazole rings is 1. The van der Waals surface area contributed by atoms with Crippen LogP contribution in [0, 0.1) is 5.41 Å². The van der Waals surface area contributed by atoms with Gasteiger partial charge in [0.1, 0.15) is 21.3 Å². The zero-order valence-electron chi connectivity index (χ0n) is 21.5. The summed E-state index contributed by atoms with van der Waals surface area (Å²) >= 11 is 5.29. The molecule has 2 amide bonds. The van der Waals surface area contributed by atoms with Gasteiger partial charge in [0.15, 0.2) is 5.13 Å². The van der Waals surface area contributed by atoms with E-state index in [0.29, 0.717) is 33.5 Å². The van der Waals surface area contributed by atoms with Gasteiger partial charge in [-0.15, -0.1) is 40.0 Å². The molecule has 0 saturated carbocycles. The van der Waals surface area contributed by atoms with Crippen molar-refractivity contribution in [3.63, 3.8) is 0 Å². The van der Waals surface area contributed by atoms with E-state index in [-0.39, 0.29) is 5.70 Å². The van der Waals surface area contributed by atoms with Crippen molar-refractivity contribution in [2.45, 2.75) is 43.3 Å². The molecule has 3 N–H and O–H groups in total. The third kappa shape index (κ3) is 6.45. The number of nitrogens with two attached hydrogens (primary N) is 1. The van der Waals surface area contributed by atoms with E-state index in [1.807, 2.05) is 0 Å². The van der Waals surface area contributed by atoms with Crippen molar-refractivity contribution in [3.05, 3.63) is 34.6 Å². The topological polar surface area (TPSA) is 167 Å². The van der Waals surface area contributed by atoms with E-state index < -0.39 is 47.4 Å². The Morgan fingerprint density at radius 3 is 2.69 bits per heavy atom. The summed E-state index contributed by atoms with van der Waals surface area (Å²) < 4.78 is 15.0. The quantitative estimate of drug-likeness (QED) is 0.140. The predicted molar refractivity (Wildman–Crippen MR) is 149 cm³/mol. The number of β-lactam (4-membered cyclic amide) rings is 1. The SMILES string of the molecule is C/C=C(\C(=O)N[C@@H]1C(=O)N2C(C(=O)OCOC(=O)C(C)(C)C)=C(CSc3cnns3)CS[C@H]12)c1csc(N)n1. The second-order valence-electron chi connectivity index (χ2n) is 9.34. The van der Waals surface area contributed by atoms with Crippen LogP contribution < -0.4 is 11.1 Å². The Balaban J connectivity index is 1.49. The predicted octanol–water partition coefficient (Wildman–Crippen LogP) is 2.52. The molecule has 2 atom stereocenters. The van der Waals surface area contributed by atoms with Crippen LogP contribution in [-0.4, -0.2) is 72.9 Å². The summed E-state index contributed by atoms with van der Waals surface area (Å²) in [6.45, 7) is 6.16. The first-order valence-corrected chi connectivity index (χ1v) is 15.3. The standard InChI is InChI=1S/C23H26N6O6S4/c1-5-12(13-9-38-22(24)26-13)17(30)27-15-18(31)29-16(20(32)34-10-35-21(33)23(2,3)4)11(8-37-19(15)29)7-36-14-6-25-28-39-14/h5-6,9,15,19H,7-8,10H2,1-4H3,(H2,24,26)(H,27,30)/b12-5-/t15-,19-/m1/s1.